The van der Waals surface area contributed by atoms with Crippen LogP contribution in [0.25, 0.3) is 81.0 Å². The summed E-state index contributed by atoms with van der Waals surface area (Å²) in [6, 6.07) is 18.6. The zero-order chi connectivity index (χ0) is 86.0. The molecular weight excluding hydrogens is 1630 g/mol. The number of rotatable bonds is 20. The SMILES string of the molecule is CS(=O)(=O)Cl.CS(=O)(=O)N1CC(CC#N)(n2cc(-c3ccnc4[nH]ccc34)cn2)C1.C[Si](C)(C)CCOCn1ccc2c(-c3cn[nH]c3)ccnc21.C[Si](C)(C)CCOCn1ccc2c(-c3cnn(C4(CC#N)CN(S(C)(=O)=O)C4)c3)ccnc21.[C-]#[N+]C=C1CN(C(=O)OC(C)(C)C)C1.[C-]#[N+]C=C1CN(S(C)(=O)=O)C1.[C-]#[N+]C=C1CNC1. The standard InChI is InChI=1S/C22H30N6O3SSi.C16H16N6O2S.C16H22N4OSi.C10H14N2O2.C6H8N2O2S.C5H6N2.CH3ClO2S/c1-32(29,30)27-15-22(16-27,7-8-23)28-14-18(13-25-28)19-5-9-24-21-20(19)6-10-26(21)17-31-11-12-33(2,3)4;1-25(23,24)21-10-16(11-21,4-5-17)22-9-12(8-20-22)13-2-6-18-15-14(13)3-7-19-15;1-22(2,3)9-8-21-12-20-7-5-15-14(4-6-17-16(15)20)13-10-18-19-11-13;1-10(2,3)14-9(13)12-6-8(7-12)5-11-4;1-7-3-6-4-8(5-6)11(2,9)10;1-6-2-5-3-7-4-5;1-5(2,3)4/h5-6,9-10,13-14H,7,11-12,15-17H2,1-4H3;2-3,6-9H,4,10-11H2,1H3,(H,18,19);4-7,10-11H,8-9,12H2,1-3H3,(H,18,19);5H,6-7H2,1-3H3;3H,4-5H2,2H3;2,7H,3-4H2;1H3. The van der Waals surface area contributed by atoms with Crippen LogP contribution < -0.4 is 5.32 Å². The van der Waals surface area contributed by atoms with Crippen molar-refractivity contribution in [3.05, 3.63) is 180 Å². The molecule has 9 aromatic rings. The van der Waals surface area contributed by atoms with E-state index >= 15 is 0 Å². The van der Waals surface area contributed by atoms with Gasteiger partial charge in [-0.05, 0) is 103 Å². The molecular formula is C76H99ClN22O12S4Si2. The molecule has 5 aliphatic heterocycles. The minimum atomic E-state index is -3.29. The molecule has 0 saturated carbocycles. The highest BCUT2D eigenvalue weighted by atomic mass is 35.7. The van der Waals surface area contributed by atoms with Gasteiger partial charge in [0.1, 0.15) is 47.1 Å². The van der Waals surface area contributed by atoms with E-state index in [1.54, 1.807) is 45.3 Å². The van der Waals surface area contributed by atoms with Crippen LogP contribution >= 0.6 is 10.7 Å². The second kappa shape index (κ2) is 39.5. The lowest BCUT2D eigenvalue weighted by atomic mass is 9.89. The van der Waals surface area contributed by atoms with Gasteiger partial charge in [0.05, 0.1) is 88.3 Å². The van der Waals surface area contributed by atoms with E-state index in [2.05, 4.69) is 133 Å². The highest BCUT2D eigenvalue weighted by Gasteiger charge is 2.50. The molecule has 5 aliphatic rings. The highest BCUT2D eigenvalue weighted by Crippen LogP contribution is 2.39. The van der Waals surface area contributed by atoms with Crippen molar-refractivity contribution >= 4 is 105 Å². The van der Waals surface area contributed by atoms with E-state index in [1.807, 2.05) is 105 Å². The van der Waals surface area contributed by atoms with Crippen molar-refractivity contribution in [1.29, 1.82) is 10.5 Å². The average Bonchev–Trinajstić information content (AvgIpc) is 1.72. The normalized spacial score (nSPS) is 15.8. The van der Waals surface area contributed by atoms with Gasteiger partial charge in [-0.2, -0.15) is 38.7 Å². The van der Waals surface area contributed by atoms with Crippen LogP contribution in [0.4, 0.5) is 4.79 Å². The minimum absolute atomic E-state index is 0.192. The Morgan fingerprint density at radius 1 is 0.598 bits per heavy atom. The number of halogens is 1. The summed E-state index contributed by atoms with van der Waals surface area (Å²) in [5.74, 6) is 0. The molecule has 0 aromatic carbocycles. The van der Waals surface area contributed by atoms with Crippen LogP contribution in [-0.4, -0.2) is 242 Å². The number of fused-ring (bicyclic) bond motifs is 3. The third kappa shape index (κ3) is 26.7. The van der Waals surface area contributed by atoms with Crippen LogP contribution in [-0.2, 0) is 77.9 Å². The Bertz CT molecular complexity index is 5740. The van der Waals surface area contributed by atoms with Crippen molar-refractivity contribution in [2.45, 2.75) is 115 Å². The molecule has 0 atom stereocenters. The topological polar surface area (TPSA) is 396 Å². The van der Waals surface area contributed by atoms with Crippen LogP contribution in [0.2, 0.25) is 51.4 Å². The van der Waals surface area contributed by atoms with Gasteiger partial charge in [-0.3, -0.25) is 14.5 Å². The summed E-state index contributed by atoms with van der Waals surface area (Å²) in [5.41, 5.74) is 9.95. The van der Waals surface area contributed by atoms with Gasteiger partial charge in [0.15, 0.2) is 18.6 Å². The smallest absolute Gasteiger partial charge is 0.410 e. The molecule has 34 nitrogen and oxygen atoms in total. The quantitative estimate of drug-likeness (QED) is 0.0276. The van der Waals surface area contributed by atoms with Gasteiger partial charge in [0, 0.05) is 194 Å². The minimum Gasteiger partial charge on any atom is -0.444 e. The summed E-state index contributed by atoms with van der Waals surface area (Å²) in [7, 11) is -10.4. The Kier molecular flexibility index (Phi) is 31.2. The Hall–Kier alpha value is -10.1. The van der Waals surface area contributed by atoms with Crippen LogP contribution in [0, 0.1) is 42.4 Å². The van der Waals surface area contributed by atoms with Gasteiger partial charge in [-0.1, -0.05) is 39.3 Å². The first-order valence-corrected chi connectivity index (χ1v) is 52.4. The fraction of sp³-hybridized carbons (Fsp3) is 0.447. The third-order valence-corrected chi connectivity index (χ3v) is 25.6. The Morgan fingerprint density at radius 3 is 1.39 bits per heavy atom. The van der Waals surface area contributed by atoms with Crippen LogP contribution in [0.5, 0.6) is 0 Å². The van der Waals surface area contributed by atoms with Gasteiger partial charge in [0.2, 0.25) is 39.1 Å². The van der Waals surface area contributed by atoms with E-state index in [4.69, 9.17) is 33.9 Å². The lowest BCUT2D eigenvalue weighted by Crippen LogP contribution is -2.63. The number of hydrogen-bond acceptors (Lipinski definition) is 21. The predicted molar refractivity (Wildman–Crippen MR) is 455 cm³/mol. The van der Waals surface area contributed by atoms with Crippen molar-refractivity contribution < 1.29 is 52.7 Å². The number of nitrogens with zero attached hydrogens (tertiary/aromatic N) is 19. The van der Waals surface area contributed by atoms with Gasteiger partial charge in [0.25, 0.3) is 0 Å². The Morgan fingerprint density at radius 2 is 1.02 bits per heavy atom. The van der Waals surface area contributed by atoms with Crippen LogP contribution in [0.15, 0.2) is 146 Å². The number of carbonyl (C=O) groups is 1. The predicted octanol–water partition coefficient (Wildman–Crippen LogP) is 10.8. The van der Waals surface area contributed by atoms with Crippen molar-refractivity contribution in [1.82, 2.24) is 82.0 Å². The third-order valence-electron chi connectivity index (χ3n) is 18.6. The largest absolute Gasteiger partial charge is 0.444 e. The molecule has 0 radical (unpaired) electrons. The van der Waals surface area contributed by atoms with E-state index in [1.165, 1.54) is 55.7 Å². The first-order chi connectivity index (χ1) is 54.9. The number of aromatic amines is 2. The number of ether oxygens (including phenoxy) is 3. The number of aromatic nitrogens is 12. The highest BCUT2D eigenvalue weighted by molar-refractivity contribution is 8.13. The number of nitrogens with one attached hydrogen (secondary N) is 3. The van der Waals surface area contributed by atoms with E-state index in [-0.39, 0.29) is 45.1 Å². The number of pyridine rings is 3. The first kappa shape index (κ1) is 92.4. The van der Waals surface area contributed by atoms with Crippen molar-refractivity contribution in [2.75, 3.05) is 104 Å². The van der Waals surface area contributed by atoms with Crippen LogP contribution in [0.3, 0.4) is 0 Å². The van der Waals surface area contributed by atoms with E-state index in [9.17, 15) is 49.0 Å². The van der Waals surface area contributed by atoms with Gasteiger partial charge >= 0.3 is 6.09 Å². The Balaban J connectivity index is 0.000000183. The maximum absolute atomic E-state index is 11.9. The molecule has 0 spiro atoms. The van der Waals surface area contributed by atoms with Crippen molar-refractivity contribution in [3.63, 3.8) is 0 Å². The number of carbonyl (C=O) groups excluding carboxylic acids is 1. The zero-order valence-electron chi connectivity index (χ0n) is 67.8. The number of sulfonamides is 3. The lowest BCUT2D eigenvalue weighted by Gasteiger charge is -2.47. The molecule has 41 heteroatoms. The summed E-state index contributed by atoms with van der Waals surface area (Å²) >= 11 is 0. The van der Waals surface area contributed by atoms with Crippen molar-refractivity contribution in [2.24, 2.45) is 0 Å². The van der Waals surface area contributed by atoms with E-state index in [0.717, 1.165) is 116 Å². The Labute approximate surface area is 690 Å². The van der Waals surface area contributed by atoms with E-state index < -0.39 is 71.9 Å². The molecule has 5 fully saturated rings. The summed E-state index contributed by atoms with van der Waals surface area (Å²) in [6.07, 6.45) is 31.1. The second-order valence-electron chi connectivity index (χ2n) is 32.0. The number of nitriles is 2. The number of H-pyrrole nitrogens is 2. The maximum atomic E-state index is 11.9. The number of likely N-dealkylation sites (tertiary alicyclic amines) is 1. The number of amides is 1. The summed E-state index contributed by atoms with van der Waals surface area (Å²) in [5, 5.41) is 40.5. The van der Waals surface area contributed by atoms with Gasteiger partial charge < -0.3 is 38.5 Å². The average molecular weight is 1730 g/mol. The first-order valence-electron chi connectivity index (χ1n) is 36.8. The molecule has 1 amide bonds. The second-order valence-corrected chi connectivity index (χ2v) is 52.2. The van der Waals surface area contributed by atoms with Gasteiger partial charge in [-0.15, -0.1) is 0 Å². The molecule has 3 N–H and O–H groups in total. The fourth-order valence-electron chi connectivity index (χ4n) is 12.0. The molecule has 0 bridgehead atoms. The molecule has 14 heterocycles. The number of hydrogen-bond donors (Lipinski definition) is 3. The zero-order valence-corrected chi connectivity index (χ0v) is 73.8. The molecule has 14 rings (SSSR count). The molecule has 624 valence electrons. The molecule has 5 saturated heterocycles. The summed E-state index contributed by atoms with van der Waals surface area (Å²) in [4.78, 5) is 38.6. The molecule has 9 aromatic heterocycles. The molecule has 0 aliphatic carbocycles. The summed E-state index contributed by atoms with van der Waals surface area (Å²) in [6.45, 7) is 46.3. The lowest BCUT2D eigenvalue weighted by molar-refractivity contribution is 0.0214. The van der Waals surface area contributed by atoms with E-state index in [0.29, 0.717) is 39.6 Å². The van der Waals surface area contributed by atoms with Crippen molar-refractivity contribution in [3.8, 4) is 45.5 Å². The summed E-state index contributed by atoms with van der Waals surface area (Å²) < 4.78 is 116. The molecule has 0 unspecified atom stereocenters. The maximum Gasteiger partial charge on any atom is 0.410 e. The molecule has 117 heavy (non-hydrogen) atoms. The van der Waals surface area contributed by atoms with Crippen LogP contribution in [0.1, 0.15) is 33.6 Å². The monoisotopic (exact) mass is 1730 g/mol. The fourth-order valence-corrected chi connectivity index (χ4v) is 16.2. The van der Waals surface area contributed by atoms with Gasteiger partial charge in [-0.25, -0.2) is 68.0 Å².